The Hall–Kier alpha value is -5.91. The van der Waals surface area contributed by atoms with E-state index >= 15 is 0 Å². The molecule has 0 spiro atoms. The average Bonchev–Trinajstić information content (AvgIpc) is 0.959. The maximum Gasteiger partial charge on any atom is 0.313 e. The van der Waals surface area contributed by atoms with Crippen LogP contribution in [0.4, 0.5) is 22.0 Å². The second-order valence-electron chi connectivity index (χ2n) is 19.2. The van der Waals surface area contributed by atoms with Gasteiger partial charge in [0.1, 0.15) is 29.1 Å². The van der Waals surface area contributed by atoms with E-state index in [9.17, 15) is 55.5 Å². The van der Waals surface area contributed by atoms with Crippen molar-refractivity contribution in [2.75, 3.05) is 40.3 Å². The van der Waals surface area contributed by atoms with Crippen LogP contribution < -0.4 is 0 Å². The third-order valence-electron chi connectivity index (χ3n) is 11.0. The lowest BCUT2D eigenvalue weighted by Crippen LogP contribution is -1.97. The molecule has 0 bridgehead atoms. The normalized spacial score (nSPS) is 10.1. The molecule has 0 fully saturated rings. The van der Waals surface area contributed by atoms with Gasteiger partial charge >= 0.3 is 41.8 Å². The van der Waals surface area contributed by atoms with E-state index in [-0.39, 0.29) is 72.7 Å². The number of aliphatic carboxylic acids is 7. The Labute approximate surface area is 615 Å². The molecule has 30 heteroatoms. The van der Waals surface area contributed by atoms with Crippen molar-refractivity contribution in [2.45, 2.75) is 111 Å². The number of thioether (sulfide) groups is 7. The van der Waals surface area contributed by atoms with Crippen LogP contribution in [0, 0.1) is 29.1 Å². The van der Waals surface area contributed by atoms with Gasteiger partial charge in [0.2, 0.25) is 0 Å². The molecule has 7 N–H and O–H groups in total. The molecule has 0 saturated heterocycles. The Morgan fingerprint density at radius 1 is 0.286 bits per heavy atom. The van der Waals surface area contributed by atoms with Crippen molar-refractivity contribution >= 4 is 171 Å². The van der Waals surface area contributed by atoms with Gasteiger partial charge in [-0.3, -0.25) is 33.6 Å². The lowest BCUT2D eigenvalue weighted by molar-refractivity contribution is -0.138. The summed E-state index contributed by atoms with van der Waals surface area (Å²) in [5, 5.41) is 61.1. The fourth-order valence-corrected chi connectivity index (χ4v) is 13.3. The van der Waals surface area contributed by atoms with E-state index in [4.69, 9.17) is 82.1 Å². The molecule has 7 aromatic rings. The molecule has 98 heavy (non-hydrogen) atoms. The molecule has 0 amide bonds. The van der Waals surface area contributed by atoms with Gasteiger partial charge in [-0.2, -0.15) is 0 Å². The Kier molecular flexibility index (Phi) is 51.3. The number of halogens is 9. The lowest BCUT2D eigenvalue weighted by atomic mass is 10.2. The number of carboxylic acids is 7. The molecule has 0 saturated carbocycles. The van der Waals surface area contributed by atoms with Crippen molar-refractivity contribution in [1.29, 1.82) is 0 Å². The van der Waals surface area contributed by atoms with Crippen molar-refractivity contribution in [3.8, 4) is 0 Å². The number of hydrogen-bond donors (Lipinski definition) is 7. The number of rotatable bonds is 33. The minimum Gasteiger partial charge on any atom is -0.481 e. The van der Waals surface area contributed by atoms with Crippen molar-refractivity contribution in [3.63, 3.8) is 0 Å². The molecule has 7 rings (SSSR count). The van der Waals surface area contributed by atoms with Crippen LogP contribution in [0.5, 0.6) is 0 Å². The summed E-state index contributed by atoms with van der Waals surface area (Å²) in [7, 11) is 0. The van der Waals surface area contributed by atoms with Gasteiger partial charge in [-0.1, -0.05) is 83.2 Å². The SMILES string of the molecule is O=C(O)CCCCCSc1cccc(F)c1.O=C(O)CCCSc1cc(Cl)ccc1Cl.O=C(O)CCCSc1ccc(Cl)c(Cl)c1.O=C(O)CCCSc1cccc(F)c1.O=C(O)CCCSc1ccccc1F.O=C(O)CSc1ccc(F)cc1.O=C(O)CSc1cccc(F)c1. The maximum atomic E-state index is 13.0. The zero-order valence-corrected chi connectivity index (χ0v) is 60.9. The average molecular weight is 1570 g/mol. The van der Waals surface area contributed by atoms with Gasteiger partial charge in [-0.15, -0.1) is 82.3 Å². The molecule has 14 nitrogen and oxygen atoms in total. The number of hydrogen-bond acceptors (Lipinski definition) is 14. The molecular formula is C68H71Cl4F5O14S7. The summed E-state index contributed by atoms with van der Waals surface area (Å²) in [6.07, 6.45) is 5.99. The van der Waals surface area contributed by atoms with E-state index in [0.717, 1.165) is 72.8 Å². The Bertz CT molecular complexity index is 3520. The predicted octanol–water partition coefficient (Wildman–Crippen LogP) is 21.0. The van der Waals surface area contributed by atoms with Gasteiger partial charge in [0.05, 0.1) is 26.6 Å². The third kappa shape index (κ3) is 51.3. The highest BCUT2D eigenvalue weighted by atomic mass is 35.5. The summed E-state index contributed by atoms with van der Waals surface area (Å²) in [6, 6.07) is 41.6. The van der Waals surface area contributed by atoms with Crippen molar-refractivity contribution < 1.29 is 91.3 Å². The highest BCUT2D eigenvalue weighted by Gasteiger charge is 2.08. The molecule has 0 heterocycles. The summed E-state index contributed by atoms with van der Waals surface area (Å²) in [5.74, 6) is -3.29. The molecule has 0 aliphatic rings. The predicted molar refractivity (Wildman–Crippen MR) is 389 cm³/mol. The molecule has 0 atom stereocenters. The van der Waals surface area contributed by atoms with Crippen molar-refractivity contribution in [2.24, 2.45) is 0 Å². The van der Waals surface area contributed by atoms with Gasteiger partial charge in [-0.05, 0) is 195 Å². The first-order valence-electron chi connectivity index (χ1n) is 29.2. The minimum absolute atomic E-state index is 0.00559. The maximum absolute atomic E-state index is 13.0. The van der Waals surface area contributed by atoms with Crippen LogP contribution in [0.2, 0.25) is 20.1 Å². The second kappa shape index (κ2) is 55.8. The van der Waals surface area contributed by atoms with Crippen LogP contribution in [-0.2, 0) is 33.6 Å². The van der Waals surface area contributed by atoms with Gasteiger partial charge in [0, 0.05) is 71.4 Å². The monoisotopic (exact) mass is 1570 g/mol. The van der Waals surface area contributed by atoms with Gasteiger partial charge in [0.15, 0.2) is 0 Å². The van der Waals surface area contributed by atoms with E-state index in [1.165, 1.54) is 102 Å². The molecule has 7 aromatic carbocycles. The highest BCUT2D eigenvalue weighted by Crippen LogP contribution is 2.32. The number of unbranched alkanes of at least 4 members (excludes halogenated alkanes) is 2. The zero-order valence-electron chi connectivity index (χ0n) is 52.2. The number of carbonyl (C=O) groups is 7. The fourth-order valence-electron chi connectivity index (χ4n) is 6.59. The quantitative estimate of drug-likeness (QED) is 0.0115. The zero-order chi connectivity index (χ0) is 73.0. The summed E-state index contributed by atoms with van der Waals surface area (Å²) >= 11 is 33.2. The third-order valence-corrected chi connectivity index (χ3v) is 20.0. The lowest BCUT2D eigenvalue weighted by Gasteiger charge is -2.03. The van der Waals surface area contributed by atoms with Crippen LogP contribution in [-0.4, -0.2) is 118 Å². The number of carboxylic acid groups (broad SMARTS) is 7. The Balaban J connectivity index is 0.000000573. The topological polar surface area (TPSA) is 261 Å². The minimum atomic E-state index is -0.899. The van der Waals surface area contributed by atoms with Gasteiger partial charge in [0.25, 0.3) is 0 Å². The fraction of sp³-hybridized carbons (Fsp3) is 0.279. The van der Waals surface area contributed by atoms with E-state index in [1.54, 1.807) is 108 Å². The second-order valence-corrected chi connectivity index (χ2v) is 28.7. The van der Waals surface area contributed by atoms with Crippen LogP contribution >= 0.6 is 129 Å². The Morgan fingerprint density at radius 2 is 0.653 bits per heavy atom. The van der Waals surface area contributed by atoms with Gasteiger partial charge < -0.3 is 35.7 Å². The van der Waals surface area contributed by atoms with Crippen LogP contribution in [0.15, 0.2) is 192 Å². The van der Waals surface area contributed by atoms with Crippen molar-refractivity contribution in [1.82, 2.24) is 0 Å². The molecule has 0 aliphatic heterocycles. The first-order chi connectivity index (χ1) is 46.6. The largest absolute Gasteiger partial charge is 0.481 e. The summed E-state index contributed by atoms with van der Waals surface area (Å²) < 4.78 is 63.4. The van der Waals surface area contributed by atoms with E-state index < -0.39 is 41.8 Å². The summed E-state index contributed by atoms with van der Waals surface area (Å²) in [5.41, 5.74) is 0. The molecule has 0 aromatic heterocycles. The van der Waals surface area contributed by atoms with Crippen molar-refractivity contribution in [3.05, 3.63) is 207 Å². The van der Waals surface area contributed by atoms with E-state index in [1.807, 2.05) is 18.2 Å². The smallest absolute Gasteiger partial charge is 0.313 e. The van der Waals surface area contributed by atoms with Gasteiger partial charge in [-0.25, -0.2) is 22.0 Å². The molecule has 532 valence electrons. The van der Waals surface area contributed by atoms with Crippen LogP contribution in [0.25, 0.3) is 0 Å². The van der Waals surface area contributed by atoms with E-state index in [0.29, 0.717) is 67.1 Å². The Morgan fingerprint density at radius 3 is 1.07 bits per heavy atom. The molecule has 0 aliphatic carbocycles. The molecular weight excluding hydrogens is 1500 g/mol. The standard InChI is InChI=1S/C12H15FO2S.2C10H10Cl2O2S.2C10H11FO2S.2C8H7FO2S/c13-10-5-4-6-11(9-10)16-8-3-1-2-7-12(14)15;11-8-4-3-7(6-9(8)12)15-5-1-2-10(13)14;11-7-3-4-8(12)9(6-7)15-5-1-2-10(13)14;11-8-3-1-4-9(7-8)14-6-2-5-10(12)13;11-8-4-1-2-5-9(8)14-7-3-6-10(12)13;9-6-1-3-7(4-2-6)12-5-8(10)11;9-6-2-1-3-7(4-6)12-5-8(10)11/h4-6,9H,1-3,7-8H2,(H,14,15);2*3-4,6H,1-2,5H2,(H,13,14);1,3-4,7H,2,5-6H2,(H,12,13);1-2,4-5H,3,6-7H2,(H,12,13);2*1-4H,5H2,(H,10,11). The molecule has 0 radical (unpaired) electrons. The van der Waals surface area contributed by atoms with Crippen LogP contribution in [0.1, 0.15) is 77.0 Å². The highest BCUT2D eigenvalue weighted by molar-refractivity contribution is 8.01. The van der Waals surface area contributed by atoms with E-state index in [2.05, 4.69) is 0 Å². The summed E-state index contributed by atoms with van der Waals surface area (Å²) in [4.78, 5) is 77.1. The summed E-state index contributed by atoms with van der Waals surface area (Å²) in [6.45, 7) is 0. The van der Waals surface area contributed by atoms with Crippen LogP contribution in [0.3, 0.4) is 0 Å². The first kappa shape index (κ1) is 90.1. The number of benzene rings is 7. The first-order valence-corrected chi connectivity index (χ1v) is 37.6. The molecule has 0 unspecified atom stereocenters.